The first-order valence-corrected chi connectivity index (χ1v) is 6.49. The summed E-state index contributed by atoms with van der Waals surface area (Å²) in [5, 5.41) is 0. The van der Waals surface area contributed by atoms with E-state index >= 15 is 0 Å². The van der Waals surface area contributed by atoms with Gasteiger partial charge in [0.2, 0.25) is 0 Å². The molecule has 1 aliphatic rings. The molecule has 0 saturated carbocycles. The maximum absolute atomic E-state index is 12.3. The number of carbonyl (C=O) groups excluding carboxylic acids is 2. The Kier molecular flexibility index (Phi) is 2.71. The van der Waals surface area contributed by atoms with Crippen molar-refractivity contribution >= 4 is 33.4 Å². The van der Waals surface area contributed by atoms with Gasteiger partial charge < -0.3 is 0 Å². The molecule has 0 radical (unpaired) electrons. The molecule has 1 aromatic heterocycles. The number of hydrogen-bond donors (Lipinski definition) is 0. The summed E-state index contributed by atoms with van der Waals surface area (Å²) in [7, 11) is 0. The lowest BCUT2D eigenvalue weighted by atomic mass is 10.2. The molecule has 5 heteroatoms. The minimum Gasteiger partial charge on any atom is -0.268 e. The summed E-state index contributed by atoms with van der Waals surface area (Å²) in [6.45, 7) is 1.91. The van der Waals surface area contributed by atoms with Crippen LogP contribution in [0.15, 0.2) is 41.0 Å². The number of aromatic nitrogens is 1. The van der Waals surface area contributed by atoms with Gasteiger partial charge in [-0.2, -0.15) is 0 Å². The number of nitrogens with zero attached hydrogens (tertiary/aromatic N) is 2. The van der Waals surface area contributed by atoms with E-state index in [1.54, 1.807) is 24.3 Å². The van der Waals surface area contributed by atoms with E-state index in [9.17, 15) is 9.59 Å². The molecule has 0 N–H and O–H groups in total. The van der Waals surface area contributed by atoms with Gasteiger partial charge in [-0.25, -0.2) is 4.90 Å². The van der Waals surface area contributed by atoms with Crippen LogP contribution in [0.25, 0.3) is 0 Å². The number of anilines is 1. The van der Waals surface area contributed by atoms with E-state index in [2.05, 4.69) is 20.9 Å². The molecule has 0 spiro atoms. The minimum atomic E-state index is -0.373. The molecule has 0 saturated heterocycles. The SMILES string of the molecule is Cc1cc(N2C(=O)c3cccnc3C2=O)ccc1Br. The number of hydrogen-bond acceptors (Lipinski definition) is 3. The third-order valence-electron chi connectivity index (χ3n) is 3.05. The third kappa shape index (κ3) is 1.77. The molecule has 19 heavy (non-hydrogen) atoms. The number of rotatable bonds is 1. The van der Waals surface area contributed by atoms with E-state index < -0.39 is 0 Å². The van der Waals surface area contributed by atoms with Gasteiger partial charge in [0, 0.05) is 10.7 Å². The monoisotopic (exact) mass is 316 g/mol. The Morgan fingerprint density at radius 1 is 1.16 bits per heavy atom. The standard InChI is InChI=1S/C14H9BrN2O2/c1-8-7-9(4-5-11(8)15)17-13(18)10-3-2-6-16-12(10)14(17)19/h2-7H,1H3. The molecular formula is C14H9BrN2O2. The highest BCUT2D eigenvalue weighted by molar-refractivity contribution is 9.10. The van der Waals surface area contributed by atoms with Crippen molar-refractivity contribution in [1.29, 1.82) is 0 Å². The summed E-state index contributed by atoms with van der Waals surface area (Å²) >= 11 is 3.40. The van der Waals surface area contributed by atoms with Gasteiger partial charge >= 0.3 is 0 Å². The van der Waals surface area contributed by atoms with Crippen molar-refractivity contribution in [3.05, 3.63) is 57.8 Å². The van der Waals surface area contributed by atoms with Crippen molar-refractivity contribution in [2.45, 2.75) is 6.92 Å². The summed E-state index contributed by atoms with van der Waals surface area (Å²) in [6.07, 6.45) is 1.51. The van der Waals surface area contributed by atoms with Gasteiger partial charge in [0.15, 0.2) is 0 Å². The number of halogens is 1. The Hall–Kier alpha value is -2.01. The van der Waals surface area contributed by atoms with Crippen LogP contribution < -0.4 is 4.90 Å². The lowest BCUT2D eigenvalue weighted by molar-refractivity contribution is 0.0924. The number of fused-ring (bicyclic) bond motifs is 1. The van der Waals surface area contributed by atoms with Crippen molar-refractivity contribution in [2.75, 3.05) is 4.90 Å². The van der Waals surface area contributed by atoms with Crippen LogP contribution in [0.5, 0.6) is 0 Å². The minimum absolute atomic E-state index is 0.216. The molecule has 3 rings (SSSR count). The Morgan fingerprint density at radius 2 is 1.95 bits per heavy atom. The molecule has 2 amide bonds. The maximum atomic E-state index is 12.3. The first kappa shape index (κ1) is 12.0. The molecular weight excluding hydrogens is 308 g/mol. The highest BCUT2D eigenvalue weighted by Crippen LogP contribution is 2.29. The molecule has 2 heterocycles. The first-order chi connectivity index (χ1) is 9.09. The Morgan fingerprint density at radius 3 is 2.63 bits per heavy atom. The normalized spacial score (nSPS) is 13.9. The third-order valence-corrected chi connectivity index (χ3v) is 3.94. The molecule has 0 atom stereocenters. The van der Waals surface area contributed by atoms with Gasteiger partial charge in [-0.05, 0) is 42.8 Å². The molecule has 0 fully saturated rings. The van der Waals surface area contributed by atoms with Crippen LogP contribution >= 0.6 is 15.9 Å². The topological polar surface area (TPSA) is 50.3 Å². The second-order valence-corrected chi connectivity index (χ2v) is 5.13. The zero-order valence-electron chi connectivity index (χ0n) is 10.1. The predicted octanol–water partition coefficient (Wildman–Crippen LogP) is 2.95. The van der Waals surface area contributed by atoms with E-state index in [1.807, 2.05) is 13.0 Å². The van der Waals surface area contributed by atoms with E-state index in [-0.39, 0.29) is 17.5 Å². The highest BCUT2D eigenvalue weighted by atomic mass is 79.9. The van der Waals surface area contributed by atoms with Gasteiger partial charge in [-0.3, -0.25) is 14.6 Å². The van der Waals surface area contributed by atoms with E-state index in [0.717, 1.165) is 14.9 Å². The molecule has 94 valence electrons. The first-order valence-electron chi connectivity index (χ1n) is 5.69. The summed E-state index contributed by atoms with van der Waals surface area (Å²) in [5.41, 5.74) is 2.09. The van der Waals surface area contributed by atoms with Gasteiger partial charge in [0.25, 0.3) is 11.8 Å². The largest absolute Gasteiger partial charge is 0.284 e. The number of aryl methyl sites for hydroxylation is 1. The molecule has 4 nitrogen and oxygen atoms in total. The molecule has 0 aliphatic carbocycles. The Bertz CT molecular complexity index is 677. The number of imide groups is 1. The number of amides is 2. The van der Waals surface area contributed by atoms with Gasteiger partial charge in [0.05, 0.1) is 11.3 Å². The molecule has 1 aliphatic heterocycles. The van der Waals surface area contributed by atoms with Crippen molar-refractivity contribution in [3.63, 3.8) is 0 Å². The smallest absolute Gasteiger partial charge is 0.268 e. The fraction of sp³-hybridized carbons (Fsp3) is 0.0714. The average molecular weight is 317 g/mol. The van der Waals surface area contributed by atoms with Crippen LogP contribution in [0, 0.1) is 6.92 Å². The number of pyridine rings is 1. The summed E-state index contributed by atoms with van der Waals surface area (Å²) in [5.74, 6) is -0.697. The summed E-state index contributed by atoms with van der Waals surface area (Å²) in [4.78, 5) is 29.6. The number of carbonyl (C=O) groups is 2. The average Bonchev–Trinajstić information content (AvgIpc) is 2.66. The van der Waals surface area contributed by atoms with Crippen LogP contribution in [0.3, 0.4) is 0 Å². The highest BCUT2D eigenvalue weighted by Gasteiger charge is 2.37. The summed E-state index contributed by atoms with van der Waals surface area (Å²) in [6, 6.07) is 8.63. The lowest BCUT2D eigenvalue weighted by Gasteiger charge is -2.14. The fourth-order valence-electron chi connectivity index (χ4n) is 2.07. The second kappa shape index (κ2) is 4.28. The van der Waals surface area contributed by atoms with Gasteiger partial charge in [-0.1, -0.05) is 15.9 Å². The van der Waals surface area contributed by atoms with Crippen molar-refractivity contribution in [2.24, 2.45) is 0 Å². The van der Waals surface area contributed by atoms with Crippen LogP contribution in [-0.2, 0) is 0 Å². The van der Waals surface area contributed by atoms with Crippen LogP contribution in [-0.4, -0.2) is 16.8 Å². The molecule has 0 unspecified atom stereocenters. The van der Waals surface area contributed by atoms with Gasteiger partial charge in [-0.15, -0.1) is 0 Å². The van der Waals surface area contributed by atoms with Gasteiger partial charge in [0.1, 0.15) is 5.69 Å². The molecule has 0 bridgehead atoms. The quantitative estimate of drug-likeness (QED) is 0.760. The zero-order chi connectivity index (χ0) is 13.6. The van der Waals surface area contributed by atoms with Crippen LogP contribution in [0.2, 0.25) is 0 Å². The molecule has 2 aromatic rings. The zero-order valence-corrected chi connectivity index (χ0v) is 11.6. The van der Waals surface area contributed by atoms with Crippen LogP contribution in [0.1, 0.15) is 26.4 Å². The lowest BCUT2D eigenvalue weighted by Crippen LogP contribution is -2.29. The van der Waals surface area contributed by atoms with E-state index in [4.69, 9.17) is 0 Å². The Balaban J connectivity index is 2.11. The maximum Gasteiger partial charge on any atom is 0.284 e. The van der Waals surface area contributed by atoms with Crippen molar-refractivity contribution in [1.82, 2.24) is 4.98 Å². The van der Waals surface area contributed by atoms with E-state index in [0.29, 0.717) is 11.3 Å². The second-order valence-electron chi connectivity index (χ2n) is 4.28. The number of benzene rings is 1. The van der Waals surface area contributed by atoms with E-state index in [1.165, 1.54) is 6.20 Å². The molecule has 1 aromatic carbocycles. The predicted molar refractivity (Wildman–Crippen MR) is 74.3 cm³/mol. The Labute approximate surface area is 118 Å². The van der Waals surface area contributed by atoms with Crippen molar-refractivity contribution in [3.8, 4) is 0 Å². The van der Waals surface area contributed by atoms with Crippen molar-refractivity contribution < 1.29 is 9.59 Å². The van der Waals surface area contributed by atoms with Crippen LogP contribution in [0.4, 0.5) is 5.69 Å². The fourth-order valence-corrected chi connectivity index (χ4v) is 2.32. The summed E-state index contributed by atoms with van der Waals surface area (Å²) < 4.78 is 0.936.